The second-order valence-corrected chi connectivity index (χ2v) is 4.61. The zero-order chi connectivity index (χ0) is 12.4. The summed E-state index contributed by atoms with van der Waals surface area (Å²) in [6.07, 6.45) is 7.30. The molecule has 0 amide bonds. The minimum Gasteiger partial charge on any atom is -0.254 e. The summed E-state index contributed by atoms with van der Waals surface area (Å²) < 4.78 is 0. The van der Waals surface area contributed by atoms with Crippen molar-refractivity contribution in [1.29, 1.82) is 0 Å². The zero-order valence-electron chi connectivity index (χ0n) is 10.6. The fourth-order valence-corrected chi connectivity index (χ4v) is 2.40. The zero-order valence-corrected chi connectivity index (χ0v) is 10.6. The molecule has 0 atom stereocenters. The monoisotopic (exact) mass is 236 g/mol. The normalized spacial score (nSPS) is 11.2. The van der Waals surface area contributed by atoms with Gasteiger partial charge in [0.15, 0.2) is 0 Å². The Hall–Kier alpha value is -1.96. The molecule has 90 valence electrons. The van der Waals surface area contributed by atoms with Crippen LogP contribution in [-0.4, -0.2) is 9.97 Å². The van der Waals surface area contributed by atoms with Gasteiger partial charge in [0.1, 0.15) is 0 Å². The van der Waals surface area contributed by atoms with Gasteiger partial charge >= 0.3 is 0 Å². The second-order valence-electron chi connectivity index (χ2n) is 4.61. The van der Waals surface area contributed by atoms with Gasteiger partial charge in [-0.15, -0.1) is 0 Å². The second kappa shape index (κ2) is 4.73. The minimum absolute atomic E-state index is 1.01. The highest BCUT2D eigenvalue weighted by molar-refractivity contribution is 6.03. The van der Waals surface area contributed by atoms with Gasteiger partial charge in [0.2, 0.25) is 0 Å². The number of hydrogen-bond donors (Lipinski definition) is 0. The molecule has 0 saturated heterocycles. The smallest absolute Gasteiger partial charge is 0.0967 e. The maximum absolute atomic E-state index is 4.52. The van der Waals surface area contributed by atoms with Gasteiger partial charge in [-0.25, -0.2) is 0 Å². The topological polar surface area (TPSA) is 25.8 Å². The number of unbranched alkanes of at least 4 members (excludes halogenated alkanes) is 1. The first-order valence-corrected chi connectivity index (χ1v) is 6.51. The molecule has 18 heavy (non-hydrogen) atoms. The van der Waals surface area contributed by atoms with Crippen molar-refractivity contribution < 1.29 is 0 Å². The maximum Gasteiger partial charge on any atom is 0.0967 e. The number of aromatic nitrogens is 2. The van der Waals surface area contributed by atoms with E-state index in [1.54, 1.807) is 0 Å². The Morgan fingerprint density at radius 1 is 0.944 bits per heavy atom. The quantitative estimate of drug-likeness (QED) is 0.639. The Labute approximate surface area is 107 Å². The third-order valence-electron chi connectivity index (χ3n) is 3.37. The summed E-state index contributed by atoms with van der Waals surface area (Å²) in [6.45, 7) is 2.22. The Kier molecular flexibility index (Phi) is 2.93. The molecular formula is C16H16N2. The van der Waals surface area contributed by atoms with Gasteiger partial charge in [-0.1, -0.05) is 31.5 Å². The van der Waals surface area contributed by atoms with Crippen LogP contribution in [0, 0.1) is 0 Å². The van der Waals surface area contributed by atoms with E-state index in [4.69, 9.17) is 0 Å². The summed E-state index contributed by atoms with van der Waals surface area (Å²) in [6, 6.07) is 10.5. The van der Waals surface area contributed by atoms with Gasteiger partial charge in [0, 0.05) is 23.2 Å². The predicted octanol–water partition coefficient (Wildman–Crippen LogP) is 4.13. The van der Waals surface area contributed by atoms with E-state index in [-0.39, 0.29) is 0 Å². The van der Waals surface area contributed by atoms with Gasteiger partial charge in [-0.3, -0.25) is 9.97 Å². The van der Waals surface area contributed by atoms with E-state index >= 15 is 0 Å². The first-order chi connectivity index (χ1) is 8.90. The molecule has 0 radical (unpaired) electrons. The average molecular weight is 236 g/mol. The number of nitrogens with zero attached hydrogens (tertiary/aromatic N) is 2. The molecule has 0 aliphatic heterocycles. The van der Waals surface area contributed by atoms with Crippen LogP contribution < -0.4 is 0 Å². The number of rotatable bonds is 3. The fraction of sp³-hybridized carbons (Fsp3) is 0.250. The lowest BCUT2D eigenvalue weighted by atomic mass is 10.0. The first-order valence-electron chi connectivity index (χ1n) is 6.51. The fourth-order valence-electron chi connectivity index (χ4n) is 2.40. The van der Waals surface area contributed by atoms with E-state index in [2.05, 4.69) is 41.2 Å². The standard InChI is InChI=1S/C16H16N2/c1-2-3-5-12-9-11-18-16-14(12)8-7-13-6-4-10-17-15(13)16/h4,6-11H,2-3,5H2,1H3. The van der Waals surface area contributed by atoms with Crippen LogP contribution in [0.1, 0.15) is 25.3 Å². The minimum atomic E-state index is 1.01. The highest BCUT2D eigenvalue weighted by atomic mass is 14.7. The first kappa shape index (κ1) is 11.1. The number of benzene rings is 1. The van der Waals surface area contributed by atoms with Gasteiger partial charge in [0.25, 0.3) is 0 Å². The van der Waals surface area contributed by atoms with Crippen LogP contribution in [0.5, 0.6) is 0 Å². The highest BCUT2D eigenvalue weighted by Crippen LogP contribution is 2.25. The molecule has 0 N–H and O–H groups in total. The molecule has 0 saturated carbocycles. The molecule has 0 aliphatic rings. The summed E-state index contributed by atoms with van der Waals surface area (Å²) in [5.74, 6) is 0. The van der Waals surface area contributed by atoms with Crippen LogP contribution in [0.3, 0.4) is 0 Å². The van der Waals surface area contributed by atoms with Gasteiger partial charge < -0.3 is 0 Å². The molecule has 2 heteroatoms. The molecule has 3 aromatic rings. The van der Waals surface area contributed by atoms with E-state index in [9.17, 15) is 0 Å². The van der Waals surface area contributed by atoms with Crippen molar-refractivity contribution in [2.75, 3.05) is 0 Å². The molecule has 2 aromatic heterocycles. The summed E-state index contributed by atoms with van der Waals surface area (Å²) in [5, 5.41) is 2.40. The van der Waals surface area contributed by atoms with Crippen LogP contribution in [0.2, 0.25) is 0 Å². The molecule has 2 nitrogen and oxygen atoms in total. The van der Waals surface area contributed by atoms with Crippen molar-refractivity contribution in [3.63, 3.8) is 0 Å². The van der Waals surface area contributed by atoms with Gasteiger partial charge in [-0.2, -0.15) is 0 Å². The van der Waals surface area contributed by atoms with Crippen molar-refractivity contribution in [3.05, 3.63) is 48.3 Å². The lowest BCUT2D eigenvalue weighted by Gasteiger charge is -2.07. The predicted molar refractivity (Wildman–Crippen MR) is 75.7 cm³/mol. The van der Waals surface area contributed by atoms with Crippen molar-refractivity contribution >= 4 is 21.8 Å². The van der Waals surface area contributed by atoms with Crippen molar-refractivity contribution in [3.8, 4) is 0 Å². The van der Waals surface area contributed by atoms with Crippen molar-refractivity contribution in [2.45, 2.75) is 26.2 Å². The number of aryl methyl sites for hydroxylation is 1. The number of pyridine rings is 2. The third kappa shape index (κ3) is 1.84. The van der Waals surface area contributed by atoms with Gasteiger partial charge in [0.05, 0.1) is 11.0 Å². The molecule has 1 aromatic carbocycles. The van der Waals surface area contributed by atoms with E-state index in [0.717, 1.165) is 22.8 Å². The third-order valence-corrected chi connectivity index (χ3v) is 3.37. The van der Waals surface area contributed by atoms with Crippen molar-refractivity contribution in [1.82, 2.24) is 9.97 Å². The van der Waals surface area contributed by atoms with Gasteiger partial charge in [-0.05, 0) is 30.5 Å². The SMILES string of the molecule is CCCCc1ccnc2c1ccc1cccnc12. The van der Waals surface area contributed by atoms with Crippen LogP contribution in [-0.2, 0) is 6.42 Å². The molecular weight excluding hydrogens is 220 g/mol. The average Bonchev–Trinajstić information content (AvgIpc) is 2.44. The van der Waals surface area contributed by atoms with Crippen LogP contribution >= 0.6 is 0 Å². The Morgan fingerprint density at radius 2 is 1.83 bits per heavy atom. The highest BCUT2D eigenvalue weighted by Gasteiger charge is 2.06. The van der Waals surface area contributed by atoms with E-state index in [1.165, 1.54) is 23.8 Å². The van der Waals surface area contributed by atoms with Crippen LogP contribution in [0.25, 0.3) is 21.8 Å². The maximum atomic E-state index is 4.52. The Bertz CT molecular complexity index is 689. The van der Waals surface area contributed by atoms with Crippen LogP contribution in [0.4, 0.5) is 0 Å². The molecule has 0 aliphatic carbocycles. The lowest BCUT2D eigenvalue weighted by Crippen LogP contribution is -1.91. The van der Waals surface area contributed by atoms with Crippen molar-refractivity contribution in [2.24, 2.45) is 0 Å². The van der Waals surface area contributed by atoms with E-state index < -0.39 is 0 Å². The molecule has 0 spiro atoms. The Balaban J connectivity index is 2.26. The molecule has 0 fully saturated rings. The summed E-state index contributed by atoms with van der Waals surface area (Å²) >= 11 is 0. The number of fused-ring (bicyclic) bond motifs is 3. The molecule has 3 rings (SSSR count). The Morgan fingerprint density at radius 3 is 2.72 bits per heavy atom. The summed E-state index contributed by atoms with van der Waals surface area (Å²) in [5.41, 5.74) is 3.42. The largest absolute Gasteiger partial charge is 0.254 e. The molecule has 0 unspecified atom stereocenters. The summed E-state index contributed by atoms with van der Waals surface area (Å²) in [7, 11) is 0. The number of hydrogen-bond acceptors (Lipinski definition) is 2. The molecule has 2 heterocycles. The van der Waals surface area contributed by atoms with E-state index in [0.29, 0.717) is 0 Å². The molecule has 0 bridgehead atoms. The summed E-state index contributed by atoms with van der Waals surface area (Å²) in [4.78, 5) is 8.98. The lowest BCUT2D eigenvalue weighted by molar-refractivity contribution is 0.798. The van der Waals surface area contributed by atoms with Crippen LogP contribution in [0.15, 0.2) is 42.7 Å². The van der Waals surface area contributed by atoms with E-state index in [1.807, 2.05) is 18.5 Å².